The number of aryl methyl sites for hydroxylation is 2. The lowest BCUT2D eigenvalue weighted by Crippen LogP contribution is -2.21. The minimum atomic E-state index is -0.437. The van der Waals surface area contributed by atoms with Crippen molar-refractivity contribution in [2.75, 3.05) is 13.2 Å². The summed E-state index contributed by atoms with van der Waals surface area (Å²) in [6.07, 6.45) is -0.168. The SMILES string of the molecule is CCOC(CC(=O)c1cc(C)cc(C)c1)OCC. The van der Waals surface area contributed by atoms with Gasteiger partial charge in [0.05, 0.1) is 6.42 Å². The van der Waals surface area contributed by atoms with Crippen LogP contribution in [0.3, 0.4) is 0 Å². The highest BCUT2D eigenvalue weighted by Gasteiger charge is 2.15. The highest BCUT2D eigenvalue weighted by Crippen LogP contribution is 2.13. The molecule has 3 heteroatoms. The summed E-state index contributed by atoms with van der Waals surface area (Å²) in [7, 11) is 0. The van der Waals surface area contributed by atoms with E-state index in [2.05, 4.69) is 6.07 Å². The molecule has 0 amide bonds. The van der Waals surface area contributed by atoms with Crippen LogP contribution in [0.15, 0.2) is 18.2 Å². The molecule has 3 nitrogen and oxygen atoms in total. The largest absolute Gasteiger partial charge is 0.352 e. The van der Waals surface area contributed by atoms with E-state index in [1.807, 2.05) is 39.8 Å². The van der Waals surface area contributed by atoms with E-state index in [-0.39, 0.29) is 12.2 Å². The Morgan fingerprint density at radius 2 is 1.56 bits per heavy atom. The van der Waals surface area contributed by atoms with Crippen molar-refractivity contribution in [1.29, 1.82) is 0 Å². The summed E-state index contributed by atoms with van der Waals surface area (Å²) >= 11 is 0. The zero-order valence-corrected chi connectivity index (χ0v) is 11.7. The van der Waals surface area contributed by atoms with E-state index in [0.717, 1.165) is 16.7 Å². The van der Waals surface area contributed by atoms with E-state index in [9.17, 15) is 4.79 Å². The molecule has 18 heavy (non-hydrogen) atoms. The van der Waals surface area contributed by atoms with Gasteiger partial charge in [-0.25, -0.2) is 0 Å². The van der Waals surface area contributed by atoms with E-state index >= 15 is 0 Å². The van der Waals surface area contributed by atoms with Gasteiger partial charge in [0, 0.05) is 18.8 Å². The van der Waals surface area contributed by atoms with Gasteiger partial charge in [-0.15, -0.1) is 0 Å². The van der Waals surface area contributed by atoms with Gasteiger partial charge in [0.25, 0.3) is 0 Å². The number of carbonyl (C=O) groups is 1. The van der Waals surface area contributed by atoms with Crippen molar-refractivity contribution in [3.05, 3.63) is 34.9 Å². The Kier molecular flexibility index (Phi) is 6.02. The summed E-state index contributed by atoms with van der Waals surface area (Å²) in [6.45, 7) is 8.87. The molecule has 1 aromatic carbocycles. The van der Waals surface area contributed by atoms with Gasteiger partial charge in [-0.2, -0.15) is 0 Å². The monoisotopic (exact) mass is 250 g/mol. The van der Waals surface area contributed by atoms with Gasteiger partial charge >= 0.3 is 0 Å². The molecule has 0 radical (unpaired) electrons. The van der Waals surface area contributed by atoms with Crippen LogP contribution in [0.2, 0.25) is 0 Å². The first kappa shape index (κ1) is 14.9. The van der Waals surface area contributed by atoms with Crippen LogP contribution in [0.1, 0.15) is 41.8 Å². The first-order chi connectivity index (χ1) is 8.56. The maximum absolute atomic E-state index is 12.1. The number of carbonyl (C=O) groups excluding carboxylic acids is 1. The zero-order chi connectivity index (χ0) is 13.5. The molecule has 0 unspecified atom stereocenters. The first-order valence-corrected chi connectivity index (χ1v) is 6.41. The van der Waals surface area contributed by atoms with Crippen molar-refractivity contribution in [2.24, 2.45) is 0 Å². The third-order valence-electron chi connectivity index (χ3n) is 2.60. The van der Waals surface area contributed by atoms with E-state index in [1.54, 1.807) is 0 Å². The van der Waals surface area contributed by atoms with Crippen LogP contribution >= 0.6 is 0 Å². The maximum Gasteiger partial charge on any atom is 0.167 e. The number of benzene rings is 1. The molecule has 0 saturated heterocycles. The second-order valence-electron chi connectivity index (χ2n) is 4.34. The van der Waals surface area contributed by atoms with Gasteiger partial charge in [0.1, 0.15) is 0 Å². The molecule has 0 aromatic heterocycles. The highest BCUT2D eigenvalue weighted by molar-refractivity contribution is 5.96. The molecule has 0 bridgehead atoms. The van der Waals surface area contributed by atoms with Gasteiger partial charge in [-0.05, 0) is 39.8 Å². The number of hydrogen-bond donors (Lipinski definition) is 0. The van der Waals surface area contributed by atoms with Crippen LogP contribution in [0.5, 0.6) is 0 Å². The fourth-order valence-electron chi connectivity index (χ4n) is 1.94. The fourth-order valence-corrected chi connectivity index (χ4v) is 1.94. The average Bonchev–Trinajstić information content (AvgIpc) is 2.28. The lowest BCUT2D eigenvalue weighted by molar-refractivity contribution is -0.133. The van der Waals surface area contributed by atoms with Crippen LogP contribution in [0.4, 0.5) is 0 Å². The second kappa shape index (κ2) is 7.29. The van der Waals surface area contributed by atoms with Gasteiger partial charge in [-0.1, -0.05) is 17.2 Å². The number of rotatable bonds is 7. The third-order valence-corrected chi connectivity index (χ3v) is 2.60. The molecule has 0 N–H and O–H groups in total. The Balaban J connectivity index is 2.73. The number of hydrogen-bond acceptors (Lipinski definition) is 3. The molecule has 0 aliphatic heterocycles. The number of ether oxygens (including phenoxy) is 2. The van der Waals surface area contributed by atoms with Crippen LogP contribution in [0.25, 0.3) is 0 Å². The minimum absolute atomic E-state index is 0.0636. The maximum atomic E-state index is 12.1. The van der Waals surface area contributed by atoms with Crippen molar-refractivity contribution >= 4 is 5.78 Å². The van der Waals surface area contributed by atoms with Crippen molar-refractivity contribution in [3.63, 3.8) is 0 Å². The average molecular weight is 250 g/mol. The second-order valence-corrected chi connectivity index (χ2v) is 4.34. The van der Waals surface area contributed by atoms with Gasteiger partial charge in [0.2, 0.25) is 0 Å². The molecule has 100 valence electrons. The lowest BCUT2D eigenvalue weighted by Gasteiger charge is -2.16. The molecular weight excluding hydrogens is 228 g/mol. The molecule has 0 heterocycles. The molecule has 0 aliphatic rings. The van der Waals surface area contributed by atoms with Gasteiger partial charge < -0.3 is 9.47 Å². The van der Waals surface area contributed by atoms with E-state index in [0.29, 0.717) is 13.2 Å². The van der Waals surface area contributed by atoms with E-state index in [4.69, 9.17) is 9.47 Å². The molecule has 1 aromatic rings. The van der Waals surface area contributed by atoms with Crippen molar-refractivity contribution in [3.8, 4) is 0 Å². The fraction of sp³-hybridized carbons (Fsp3) is 0.533. The Morgan fingerprint density at radius 3 is 2.00 bits per heavy atom. The summed E-state index contributed by atoms with van der Waals surface area (Å²) in [5.74, 6) is 0.0636. The topological polar surface area (TPSA) is 35.5 Å². The smallest absolute Gasteiger partial charge is 0.167 e. The Morgan fingerprint density at radius 1 is 1.06 bits per heavy atom. The standard InChI is InChI=1S/C15H22O3/c1-5-17-15(18-6-2)10-14(16)13-8-11(3)7-12(4)9-13/h7-9,15H,5-6,10H2,1-4H3. The third kappa shape index (κ3) is 4.59. The van der Waals surface area contributed by atoms with Crippen molar-refractivity contribution in [2.45, 2.75) is 40.4 Å². The summed E-state index contributed by atoms with van der Waals surface area (Å²) in [6, 6.07) is 5.87. The molecule has 0 fully saturated rings. The summed E-state index contributed by atoms with van der Waals surface area (Å²) in [5.41, 5.74) is 2.93. The number of ketones is 1. The quantitative estimate of drug-likeness (QED) is 0.550. The lowest BCUT2D eigenvalue weighted by atomic mass is 10.0. The van der Waals surface area contributed by atoms with E-state index < -0.39 is 6.29 Å². The molecule has 0 atom stereocenters. The predicted molar refractivity (Wildman–Crippen MR) is 71.9 cm³/mol. The Hall–Kier alpha value is -1.19. The van der Waals surface area contributed by atoms with Crippen molar-refractivity contribution < 1.29 is 14.3 Å². The van der Waals surface area contributed by atoms with Crippen LogP contribution in [0, 0.1) is 13.8 Å². The van der Waals surface area contributed by atoms with Gasteiger partial charge in [-0.3, -0.25) is 4.79 Å². The first-order valence-electron chi connectivity index (χ1n) is 6.41. The molecular formula is C15H22O3. The molecule has 0 aliphatic carbocycles. The van der Waals surface area contributed by atoms with Crippen LogP contribution in [-0.2, 0) is 9.47 Å². The molecule has 0 spiro atoms. The molecule has 0 saturated carbocycles. The highest BCUT2D eigenvalue weighted by atomic mass is 16.7. The van der Waals surface area contributed by atoms with Crippen LogP contribution in [-0.4, -0.2) is 25.3 Å². The van der Waals surface area contributed by atoms with Crippen molar-refractivity contribution in [1.82, 2.24) is 0 Å². The molecule has 1 rings (SSSR count). The minimum Gasteiger partial charge on any atom is -0.352 e. The Labute approximate surface area is 109 Å². The Bertz CT molecular complexity index is 372. The normalized spacial score (nSPS) is 10.9. The summed E-state index contributed by atoms with van der Waals surface area (Å²) < 4.78 is 10.8. The van der Waals surface area contributed by atoms with Crippen LogP contribution < -0.4 is 0 Å². The predicted octanol–water partition coefficient (Wildman–Crippen LogP) is 3.28. The number of Topliss-reactive ketones (excluding diaryl/α,β-unsaturated/α-hetero) is 1. The van der Waals surface area contributed by atoms with E-state index in [1.165, 1.54) is 0 Å². The summed E-state index contributed by atoms with van der Waals surface area (Å²) in [5, 5.41) is 0. The summed E-state index contributed by atoms with van der Waals surface area (Å²) in [4.78, 5) is 12.1. The zero-order valence-electron chi connectivity index (χ0n) is 11.7. The van der Waals surface area contributed by atoms with Gasteiger partial charge in [0.15, 0.2) is 12.1 Å².